The summed E-state index contributed by atoms with van der Waals surface area (Å²) in [6, 6.07) is 8.79. The largest absolute Gasteiger partial charge is 0.380 e. The van der Waals surface area contributed by atoms with Gasteiger partial charge >= 0.3 is 0 Å². The molecule has 1 saturated heterocycles. The Morgan fingerprint density at radius 3 is 2.65 bits per heavy atom. The van der Waals surface area contributed by atoms with Crippen molar-refractivity contribution in [2.45, 2.75) is 31.9 Å². The van der Waals surface area contributed by atoms with Gasteiger partial charge in [-0.1, -0.05) is 19.1 Å². The van der Waals surface area contributed by atoms with Crippen LogP contribution in [0.2, 0.25) is 0 Å². The van der Waals surface area contributed by atoms with Gasteiger partial charge in [-0.25, -0.2) is 0 Å². The van der Waals surface area contributed by atoms with Crippen LogP contribution in [0.1, 0.15) is 31.4 Å². The Morgan fingerprint density at radius 2 is 2.12 bits per heavy atom. The lowest BCUT2D eigenvalue weighted by Crippen LogP contribution is -2.22. The smallest absolute Gasteiger partial charge is 0.0762 e. The third-order valence-electron chi connectivity index (χ3n) is 3.60. The zero-order valence-electron chi connectivity index (χ0n) is 10.7. The number of anilines is 1. The minimum absolute atomic E-state index is 0.161. The van der Waals surface area contributed by atoms with E-state index >= 15 is 0 Å². The van der Waals surface area contributed by atoms with Gasteiger partial charge in [0.2, 0.25) is 0 Å². The van der Waals surface area contributed by atoms with Crippen LogP contribution in [-0.4, -0.2) is 26.3 Å². The molecular formula is C14H22N2O. The molecule has 1 aliphatic rings. The van der Waals surface area contributed by atoms with Crippen molar-refractivity contribution in [1.82, 2.24) is 0 Å². The molecule has 0 aliphatic carbocycles. The van der Waals surface area contributed by atoms with E-state index in [0.29, 0.717) is 6.10 Å². The van der Waals surface area contributed by atoms with Gasteiger partial charge in [0.05, 0.1) is 6.10 Å². The number of hydrogen-bond acceptors (Lipinski definition) is 3. The number of nitrogens with zero attached hydrogens (tertiary/aromatic N) is 1. The first kappa shape index (κ1) is 12.4. The molecule has 1 unspecified atom stereocenters. The molecule has 1 fully saturated rings. The van der Waals surface area contributed by atoms with Crippen molar-refractivity contribution in [2.24, 2.45) is 5.73 Å². The van der Waals surface area contributed by atoms with Crippen LogP contribution in [0.15, 0.2) is 24.3 Å². The summed E-state index contributed by atoms with van der Waals surface area (Å²) in [6.45, 7) is 4.19. The standard InChI is InChI=1S/C14H22N2O/c1-3-14(15)11-4-6-12(7-5-11)16-9-8-13(10-16)17-2/h4-7,13-14H,3,8-10,15H2,1-2H3/t13?,14-/m0/s1. The maximum atomic E-state index is 6.01. The summed E-state index contributed by atoms with van der Waals surface area (Å²) in [5.74, 6) is 0. The maximum absolute atomic E-state index is 6.01. The van der Waals surface area contributed by atoms with Crippen LogP contribution >= 0.6 is 0 Å². The van der Waals surface area contributed by atoms with Gasteiger partial charge in [-0.05, 0) is 30.5 Å². The van der Waals surface area contributed by atoms with Crippen molar-refractivity contribution in [3.63, 3.8) is 0 Å². The minimum Gasteiger partial charge on any atom is -0.380 e. The Hall–Kier alpha value is -1.06. The summed E-state index contributed by atoms with van der Waals surface area (Å²) >= 11 is 0. The second-order valence-corrected chi connectivity index (χ2v) is 4.70. The van der Waals surface area contributed by atoms with Crippen LogP contribution < -0.4 is 10.6 Å². The lowest BCUT2D eigenvalue weighted by molar-refractivity contribution is 0.121. The second kappa shape index (κ2) is 5.52. The molecule has 3 heteroatoms. The van der Waals surface area contributed by atoms with Crippen molar-refractivity contribution in [2.75, 3.05) is 25.1 Å². The predicted octanol–water partition coefficient (Wildman–Crippen LogP) is 2.32. The van der Waals surface area contributed by atoms with E-state index < -0.39 is 0 Å². The molecule has 1 aromatic rings. The van der Waals surface area contributed by atoms with Crippen LogP contribution in [0.4, 0.5) is 5.69 Å². The first-order valence-electron chi connectivity index (χ1n) is 6.38. The van der Waals surface area contributed by atoms with E-state index in [2.05, 4.69) is 36.1 Å². The molecule has 17 heavy (non-hydrogen) atoms. The van der Waals surface area contributed by atoms with Crippen LogP contribution in [-0.2, 0) is 4.74 Å². The average molecular weight is 234 g/mol. The molecular weight excluding hydrogens is 212 g/mol. The van der Waals surface area contributed by atoms with Crippen LogP contribution in [0, 0.1) is 0 Å². The lowest BCUT2D eigenvalue weighted by Gasteiger charge is -2.19. The summed E-state index contributed by atoms with van der Waals surface area (Å²) in [7, 11) is 1.79. The average Bonchev–Trinajstić information content (AvgIpc) is 2.87. The first-order valence-corrected chi connectivity index (χ1v) is 6.38. The van der Waals surface area contributed by atoms with Crippen LogP contribution in [0.3, 0.4) is 0 Å². The summed E-state index contributed by atoms with van der Waals surface area (Å²) < 4.78 is 5.38. The normalized spacial score (nSPS) is 21.8. The SMILES string of the molecule is CC[C@H](N)c1ccc(N2CCC(OC)C2)cc1. The molecule has 94 valence electrons. The first-order chi connectivity index (χ1) is 8.24. The molecule has 0 radical (unpaired) electrons. The van der Waals surface area contributed by atoms with Gasteiger partial charge in [-0.2, -0.15) is 0 Å². The fourth-order valence-corrected chi connectivity index (χ4v) is 2.32. The summed E-state index contributed by atoms with van der Waals surface area (Å²) in [6.07, 6.45) is 2.48. The minimum atomic E-state index is 0.161. The van der Waals surface area contributed by atoms with Gasteiger partial charge < -0.3 is 15.4 Å². The molecule has 0 aromatic heterocycles. The summed E-state index contributed by atoms with van der Waals surface area (Å²) in [4.78, 5) is 2.37. The fraction of sp³-hybridized carbons (Fsp3) is 0.571. The molecule has 1 heterocycles. The molecule has 2 atom stereocenters. The third-order valence-corrected chi connectivity index (χ3v) is 3.60. The Labute approximate surface area is 104 Å². The highest BCUT2D eigenvalue weighted by atomic mass is 16.5. The Kier molecular flexibility index (Phi) is 4.02. The van der Waals surface area contributed by atoms with E-state index in [1.54, 1.807) is 7.11 Å². The number of hydrogen-bond donors (Lipinski definition) is 1. The van der Waals surface area contributed by atoms with Gasteiger partial charge in [0.15, 0.2) is 0 Å². The Morgan fingerprint density at radius 1 is 1.41 bits per heavy atom. The van der Waals surface area contributed by atoms with Gasteiger partial charge in [0.25, 0.3) is 0 Å². The van der Waals surface area contributed by atoms with Crippen molar-refractivity contribution in [3.8, 4) is 0 Å². The van der Waals surface area contributed by atoms with E-state index in [1.165, 1.54) is 11.3 Å². The number of methoxy groups -OCH3 is 1. The van der Waals surface area contributed by atoms with Gasteiger partial charge in [0.1, 0.15) is 0 Å². The maximum Gasteiger partial charge on any atom is 0.0762 e. The van der Waals surface area contributed by atoms with Gasteiger partial charge in [0, 0.05) is 31.9 Å². The van der Waals surface area contributed by atoms with Gasteiger partial charge in [-0.3, -0.25) is 0 Å². The van der Waals surface area contributed by atoms with Gasteiger partial charge in [-0.15, -0.1) is 0 Å². The molecule has 2 rings (SSSR count). The fourth-order valence-electron chi connectivity index (χ4n) is 2.32. The zero-order chi connectivity index (χ0) is 12.3. The monoisotopic (exact) mass is 234 g/mol. The zero-order valence-corrected chi connectivity index (χ0v) is 10.7. The van der Waals surface area contributed by atoms with E-state index in [0.717, 1.165) is 25.9 Å². The Balaban J connectivity index is 2.03. The third kappa shape index (κ3) is 2.79. The Bertz CT molecular complexity index is 350. The quantitative estimate of drug-likeness (QED) is 0.869. The van der Waals surface area contributed by atoms with Crippen molar-refractivity contribution < 1.29 is 4.74 Å². The molecule has 1 aromatic carbocycles. The summed E-state index contributed by atoms with van der Waals surface area (Å²) in [5.41, 5.74) is 8.50. The molecule has 1 aliphatic heterocycles. The highest BCUT2D eigenvalue weighted by Crippen LogP contribution is 2.23. The second-order valence-electron chi connectivity index (χ2n) is 4.70. The van der Waals surface area contributed by atoms with E-state index in [4.69, 9.17) is 10.5 Å². The topological polar surface area (TPSA) is 38.5 Å². The summed E-state index contributed by atoms with van der Waals surface area (Å²) in [5, 5.41) is 0. The molecule has 0 saturated carbocycles. The molecule has 0 bridgehead atoms. The number of benzene rings is 1. The number of rotatable bonds is 4. The van der Waals surface area contributed by atoms with E-state index in [-0.39, 0.29) is 6.04 Å². The van der Waals surface area contributed by atoms with E-state index in [1.807, 2.05) is 0 Å². The molecule has 0 amide bonds. The number of ether oxygens (including phenoxy) is 1. The molecule has 0 spiro atoms. The van der Waals surface area contributed by atoms with Crippen molar-refractivity contribution in [3.05, 3.63) is 29.8 Å². The van der Waals surface area contributed by atoms with Crippen LogP contribution in [0.25, 0.3) is 0 Å². The highest BCUT2D eigenvalue weighted by molar-refractivity contribution is 5.49. The van der Waals surface area contributed by atoms with Crippen LogP contribution in [0.5, 0.6) is 0 Å². The van der Waals surface area contributed by atoms with Crippen molar-refractivity contribution in [1.29, 1.82) is 0 Å². The lowest BCUT2D eigenvalue weighted by atomic mass is 10.1. The van der Waals surface area contributed by atoms with Crippen molar-refractivity contribution >= 4 is 5.69 Å². The predicted molar refractivity (Wildman–Crippen MR) is 71.3 cm³/mol. The number of nitrogens with two attached hydrogens (primary N) is 1. The molecule has 2 N–H and O–H groups in total. The van der Waals surface area contributed by atoms with E-state index in [9.17, 15) is 0 Å². The highest BCUT2D eigenvalue weighted by Gasteiger charge is 2.22. The molecule has 3 nitrogen and oxygen atoms in total.